The van der Waals surface area contributed by atoms with Crippen LogP contribution >= 0.6 is 0 Å². The van der Waals surface area contributed by atoms with E-state index in [1.165, 1.54) is 12.8 Å². The summed E-state index contributed by atoms with van der Waals surface area (Å²) in [7, 11) is 1.76. The molecular formula is C16H30N2O. The Morgan fingerprint density at radius 2 is 2.05 bits per heavy atom. The van der Waals surface area contributed by atoms with E-state index in [0.29, 0.717) is 0 Å². The van der Waals surface area contributed by atoms with Gasteiger partial charge in [-0.05, 0) is 43.4 Å². The second kappa shape index (κ2) is 7.68. The van der Waals surface area contributed by atoms with E-state index in [0.717, 1.165) is 31.4 Å². The van der Waals surface area contributed by atoms with Gasteiger partial charge < -0.3 is 4.74 Å². The van der Waals surface area contributed by atoms with E-state index in [4.69, 9.17) is 4.74 Å². The molecule has 0 unspecified atom stereocenters. The van der Waals surface area contributed by atoms with E-state index in [9.17, 15) is 0 Å². The Balaban J connectivity index is 2.39. The second-order valence-corrected chi connectivity index (χ2v) is 6.62. The fraction of sp³-hybridized carbons (Fsp3) is 0.812. The lowest BCUT2D eigenvalue weighted by atomic mass is 9.76. The van der Waals surface area contributed by atoms with Crippen LogP contribution in [0.3, 0.4) is 0 Å². The largest absolute Gasteiger partial charge is 0.384 e. The molecular weight excluding hydrogens is 236 g/mol. The highest BCUT2D eigenvalue weighted by molar-refractivity contribution is 5.52. The fourth-order valence-corrected chi connectivity index (χ4v) is 2.72. The van der Waals surface area contributed by atoms with Crippen LogP contribution in [0, 0.1) is 17.3 Å². The summed E-state index contributed by atoms with van der Waals surface area (Å²) < 4.78 is 5.24. The molecule has 1 aliphatic carbocycles. The van der Waals surface area contributed by atoms with Gasteiger partial charge in [-0.1, -0.05) is 26.8 Å². The van der Waals surface area contributed by atoms with Crippen molar-refractivity contribution in [3.63, 3.8) is 0 Å². The second-order valence-electron chi connectivity index (χ2n) is 6.62. The van der Waals surface area contributed by atoms with Crippen LogP contribution in [0.15, 0.2) is 17.4 Å². The van der Waals surface area contributed by atoms with Crippen molar-refractivity contribution in [2.24, 2.45) is 22.4 Å². The van der Waals surface area contributed by atoms with Gasteiger partial charge in [-0.25, -0.2) is 0 Å². The summed E-state index contributed by atoms with van der Waals surface area (Å²) in [6, 6.07) is 0. The molecule has 0 amide bonds. The van der Waals surface area contributed by atoms with E-state index < -0.39 is 0 Å². The summed E-state index contributed by atoms with van der Waals surface area (Å²) in [5.74, 6) is 1.72. The topological polar surface area (TPSA) is 24.8 Å². The van der Waals surface area contributed by atoms with Crippen molar-refractivity contribution in [2.45, 2.75) is 47.0 Å². The molecule has 1 aliphatic rings. The van der Waals surface area contributed by atoms with Gasteiger partial charge in [0.2, 0.25) is 0 Å². The highest BCUT2D eigenvalue weighted by Gasteiger charge is 2.26. The Hall–Kier alpha value is -0.830. The van der Waals surface area contributed by atoms with Crippen LogP contribution in [-0.4, -0.2) is 31.5 Å². The number of hydrogen-bond donors (Lipinski definition) is 0. The molecule has 0 spiro atoms. The molecule has 3 nitrogen and oxygen atoms in total. The van der Waals surface area contributed by atoms with Crippen molar-refractivity contribution in [3.8, 4) is 0 Å². The molecule has 0 aromatic rings. The number of rotatable bonds is 8. The van der Waals surface area contributed by atoms with Crippen LogP contribution < -0.4 is 0 Å². The zero-order valence-corrected chi connectivity index (χ0v) is 13.2. The minimum atomic E-state index is 0.192. The van der Waals surface area contributed by atoms with Crippen molar-refractivity contribution < 1.29 is 4.74 Å². The van der Waals surface area contributed by atoms with Crippen molar-refractivity contribution in [1.82, 2.24) is 5.01 Å². The molecule has 0 aromatic heterocycles. The van der Waals surface area contributed by atoms with Gasteiger partial charge in [0.05, 0.1) is 6.61 Å². The first-order chi connectivity index (χ1) is 8.96. The van der Waals surface area contributed by atoms with Gasteiger partial charge in [0.15, 0.2) is 0 Å². The average molecular weight is 266 g/mol. The maximum atomic E-state index is 5.24. The number of methoxy groups -OCH3 is 1. The fourth-order valence-electron chi connectivity index (χ4n) is 2.72. The number of nitrogens with zero attached hydrogens (tertiary/aromatic N) is 2. The van der Waals surface area contributed by atoms with E-state index in [-0.39, 0.29) is 5.41 Å². The SMILES string of the molecule is C/C=N\N(/C=C/CC(C)(C)COC)CC1CC(C)C1. The molecule has 1 fully saturated rings. The van der Waals surface area contributed by atoms with Gasteiger partial charge in [-0.2, -0.15) is 5.10 Å². The summed E-state index contributed by atoms with van der Waals surface area (Å²) in [6.45, 7) is 10.6. The Labute approximate surface area is 118 Å². The molecule has 110 valence electrons. The Kier molecular flexibility index (Phi) is 6.56. The van der Waals surface area contributed by atoms with Gasteiger partial charge in [-0.15, -0.1) is 0 Å². The summed E-state index contributed by atoms with van der Waals surface area (Å²) in [6.07, 6.45) is 9.91. The van der Waals surface area contributed by atoms with E-state index >= 15 is 0 Å². The lowest BCUT2D eigenvalue weighted by Crippen LogP contribution is -2.30. The van der Waals surface area contributed by atoms with Crippen LogP contribution in [0.25, 0.3) is 0 Å². The van der Waals surface area contributed by atoms with Crippen LogP contribution in [0.4, 0.5) is 0 Å². The van der Waals surface area contributed by atoms with Crippen LogP contribution in [-0.2, 0) is 4.74 Å². The first-order valence-electron chi connectivity index (χ1n) is 7.37. The van der Waals surface area contributed by atoms with Crippen molar-refractivity contribution in [3.05, 3.63) is 12.3 Å². The van der Waals surface area contributed by atoms with E-state index in [2.05, 4.69) is 43.2 Å². The minimum Gasteiger partial charge on any atom is -0.384 e. The van der Waals surface area contributed by atoms with E-state index in [1.54, 1.807) is 7.11 Å². The zero-order valence-electron chi connectivity index (χ0n) is 13.2. The molecule has 0 aliphatic heterocycles. The third-order valence-electron chi connectivity index (χ3n) is 3.66. The lowest BCUT2D eigenvalue weighted by molar-refractivity contribution is 0.106. The predicted molar refractivity (Wildman–Crippen MR) is 82.2 cm³/mol. The molecule has 0 heterocycles. The minimum absolute atomic E-state index is 0.192. The Morgan fingerprint density at radius 1 is 1.37 bits per heavy atom. The van der Waals surface area contributed by atoms with Gasteiger partial charge >= 0.3 is 0 Å². The van der Waals surface area contributed by atoms with Crippen LogP contribution in [0.2, 0.25) is 0 Å². The smallest absolute Gasteiger partial charge is 0.0516 e. The Morgan fingerprint density at radius 3 is 2.58 bits per heavy atom. The molecule has 0 saturated heterocycles. The summed E-state index contributed by atoms with van der Waals surface area (Å²) >= 11 is 0. The molecule has 0 aromatic carbocycles. The first kappa shape index (κ1) is 16.2. The van der Waals surface area contributed by atoms with Gasteiger partial charge in [0.1, 0.15) is 0 Å². The van der Waals surface area contributed by atoms with Crippen molar-refractivity contribution in [2.75, 3.05) is 20.3 Å². The number of allylic oxidation sites excluding steroid dienone is 1. The molecule has 0 N–H and O–H groups in total. The molecule has 0 bridgehead atoms. The summed E-state index contributed by atoms with van der Waals surface area (Å²) in [4.78, 5) is 0. The van der Waals surface area contributed by atoms with Crippen molar-refractivity contribution in [1.29, 1.82) is 0 Å². The number of hydrogen-bond acceptors (Lipinski definition) is 3. The van der Waals surface area contributed by atoms with Crippen LogP contribution in [0.1, 0.15) is 47.0 Å². The highest BCUT2D eigenvalue weighted by Crippen LogP contribution is 2.33. The monoisotopic (exact) mass is 266 g/mol. The number of ether oxygens (including phenoxy) is 1. The van der Waals surface area contributed by atoms with E-state index in [1.807, 2.05) is 13.1 Å². The maximum absolute atomic E-state index is 5.24. The third kappa shape index (κ3) is 6.24. The number of hydrazone groups is 1. The molecule has 1 saturated carbocycles. The molecule has 0 radical (unpaired) electrons. The van der Waals surface area contributed by atoms with Gasteiger partial charge in [0.25, 0.3) is 0 Å². The van der Waals surface area contributed by atoms with Crippen LogP contribution in [0.5, 0.6) is 0 Å². The standard InChI is InChI=1S/C16H30N2O/c1-6-17-18(12-15-10-14(2)11-15)9-7-8-16(3,4)13-19-5/h6-7,9,14-15H,8,10-13H2,1-5H3/b9-7+,17-6-. The summed E-state index contributed by atoms with van der Waals surface area (Å²) in [5, 5.41) is 6.51. The summed E-state index contributed by atoms with van der Waals surface area (Å²) in [5.41, 5.74) is 0.192. The lowest BCUT2D eigenvalue weighted by Gasteiger charge is -2.34. The third-order valence-corrected chi connectivity index (χ3v) is 3.66. The molecule has 19 heavy (non-hydrogen) atoms. The highest BCUT2D eigenvalue weighted by atomic mass is 16.5. The Bertz CT molecular complexity index is 304. The first-order valence-corrected chi connectivity index (χ1v) is 7.37. The quantitative estimate of drug-likeness (QED) is 0.491. The average Bonchev–Trinajstić information content (AvgIpc) is 2.26. The van der Waals surface area contributed by atoms with Gasteiger partial charge in [-0.3, -0.25) is 5.01 Å². The molecule has 3 heteroatoms. The maximum Gasteiger partial charge on any atom is 0.0516 e. The molecule has 0 atom stereocenters. The normalized spacial score (nSPS) is 24.1. The zero-order chi connectivity index (χ0) is 14.3. The van der Waals surface area contributed by atoms with Gasteiger partial charge in [0, 0.05) is 26.1 Å². The van der Waals surface area contributed by atoms with Crippen molar-refractivity contribution >= 4 is 6.21 Å². The predicted octanol–water partition coefficient (Wildman–Crippen LogP) is 3.92. The molecule has 1 rings (SSSR count).